The van der Waals surface area contributed by atoms with Crippen LogP contribution < -0.4 is 0 Å². The van der Waals surface area contributed by atoms with Crippen molar-refractivity contribution < 1.29 is 9.01 Å². The van der Waals surface area contributed by atoms with Gasteiger partial charge in [-0.1, -0.05) is 16.8 Å². The number of aryl methyl sites for hydroxylation is 1. The lowest BCUT2D eigenvalue weighted by Gasteiger charge is -2.32. The Morgan fingerprint density at radius 2 is 2.11 bits per heavy atom. The molecule has 0 radical (unpaired) electrons. The van der Waals surface area contributed by atoms with Gasteiger partial charge in [-0.25, -0.2) is 4.48 Å². The second-order valence-electron chi connectivity index (χ2n) is 5.78. The van der Waals surface area contributed by atoms with Gasteiger partial charge in [-0.3, -0.25) is 0 Å². The monoisotopic (exact) mass is 256 g/mol. The fourth-order valence-corrected chi connectivity index (χ4v) is 2.88. The first-order valence-electron chi connectivity index (χ1n) is 6.73. The number of hydrogen-bond donors (Lipinski definition) is 0. The highest BCUT2D eigenvalue weighted by molar-refractivity contribution is 5.80. The predicted molar refractivity (Wildman–Crippen MR) is 72.3 cm³/mol. The first-order valence-corrected chi connectivity index (χ1v) is 6.73. The first-order chi connectivity index (χ1) is 9.11. The Kier molecular flexibility index (Phi) is 2.79. The summed E-state index contributed by atoms with van der Waals surface area (Å²) in [5.74, 6) is 0.419. The van der Waals surface area contributed by atoms with Gasteiger partial charge in [0, 0.05) is 24.1 Å². The van der Waals surface area contributed by atoms with Gasteiger partial charge in [0.05, 0.1) is 25.8 Å². The van der Waals surface area contributed by atoms with Crippen molar-refractivity contribution in [2.24, 2.45) is 0 Å². The van der Waals surface area contributed by atoms with Gasteiger partial charge in [0.1, 0.15) is 0 Å². The number of piperidine rings is 1. The summed E-state index contributed by atoms with van der Waals surface area (Å²) < 4.78 is 5.92. The molecule has 1 saturated heterocycles. The maximum atomic E-state index is 9.16. The second-order valence-corrected chi connectivity index (χ2v) is 5.78. The summed E-state index contributed by atoms with van der Waals surface area (Å²) in [6.45, 7) is 3.86. The molecule has 0 atom stereocenters. The third-order valence-electron chi connectivity index (χ3n) is 4.22. The van der Waals surface area contributed by atoms with E-state index >= 15 is 0 Å². The Balaban J connectivity index is 1.90. The molecule has 98 valence electrons. The number of nitrogens with zero attached hydrogens (tertiary/aromatic N) is 3. The van der Waals surface area contributed by atoms with E-state index in [9.17, 15) is 0 Å². The molecule has 1 fully saturated rings. The number of aromatic nitrogens is 1. The first kappa shape index (κ1) is 12.2. The van der Waals surface area contributed by atoms with Crippen LogP contribution in [0, 0.1) is 18.4 Å². The lowest BCUT2D eigenvalue weighted by molar-refractivity contribution is -0.851. The number of nitriles is 1. The molecule has 0 saturated carbocycles. The molecule has 2 aromatic rings. The molecule has 19 heavy (non-hydrogen) atoms. The molecular formula is C15H18N3O+. The number of fused-ring (bicyclic) bond motifs is 1. The van der Waals surface area contributed by atoms with Crippen molar-refractivity contribution in [1.29, 1.82) is 5.26 Å². The molecule has 0 amide bonds. The smallest absolute Gasteiger partial charge is 0.308 e. The normalized spacial score (nSPS) is 27.3. The molecule has 0 N–H and O–H groups in total. The summed E-state index contributed by atoms with van der Waals surface area (Å²) in [6, 6.07) is 6.18. The van der Waals surface area contributed by atoms with Crippen molar-refractivity contribution >= 4 is 11.0 Å². The van der Waals surface area contributed by atoms with Crippen molar-refractivity contribution in [3.8, 4) is 6.19 Å². The number of rotatable bonds is 1. The number of quaternary nitrogens is 1. The van der Waals surface area contributed by atoms with E-state index < -0.39 is 0 Å². The highest BCUT2D eigenvalue weighted by atomic mass is 16.5. The van der Waals surface area contributed by atoms with Gasteiger partial charge in [0.15, 0.2) is 5.58 Å². The predicted octanol–water partition coefficient (Wildman–Crippen LogP) is 2.94. The van der Waals surface area contributed by atoms with E-state index in [1.54, 1.807) is 0 Å². The third kappa shape index (κ3) is 2.11. The molecule has 0 aliphatic carbocycles. The lowest BCUT2D eigenvalue weighted by Crippen LogP contribution is -2.45. The largest absolute Gasteiger partial charge is 0.356 e. The average molecular weight is 256 g/mol. The fraction of sp³-hybridized carbons (Fsp3) is 0.467. The summed E-state index contributed by atoms with van der Waals surface area (Å²) in [5.41, 5.74) is 3.16. The minimum atomic E-state index is 0.419. The van der Waals surface area contributed by atoms with E-state index in [-0.39, 0.29) is 0 Å². The fourth-order valence-electron chi connectivity index (χ4n) is 2.88. The zero-order valence-electron chi connectivity index (χ0n) is 11.4. The van der Waals surface area contributed by atoms with Gasteiger partial charge in [-0.15, -0.1) is 5.26 Å². The van der Waals surface area contributed by atoms with Crippen LogP contribution in [0.1, 0.15) is 30.0 Å². The zero-order valence-corrected chi connectivity index (χ0v) is 11.4. The zero-order chi connectivity index (χ0) is 13.5. The van der Waals surface area contributed by atoms with Crippen LogP contribution in [-0.2, 0) is 0 Å². The Morgan fingerprint density at radius 1 is 1.37 bits per heavy atom. The minimum absolute atomic E-state index is 0.419. The topological polar surface area (TPSA) is 49.8 Å². The molecular weight excluding hydrogens is 238 g/mol. The van der Waals surface area contributed by atoms with Crippen LogP contribution in [-0.4, -0.2) is 29.8 Å². The van der Waals surface area contributed by atoms with Crippen LogP contribution in [0.4, 0.5) is 0 Å². The van der Waals surface area contributed by atoms with Crippen molar-refractivity contribution in [2.45, 2.75) is 25.7 Å². The van der Waals surface area contributed by atoms with Crippen LogP contribution in [0.25, 0.3) is 11.0 Å². The maximum Gasteiger partial charge on any atom is 0.308 e. The summed E-state index contributed by atoms with van der Waals surface area (Å²) >= 11 is 0. The molecule has 0 unspecified atom stereocenters. The van der Waals surface area contributed by atoms with E-state index in [4.69, 9.17) is 9.78 Å². The van der Waals surface area contributed by atoms with Crippen LogP contribution >= 0.6 is 0 Å². The van der Waals surface area contributed by atoms with Gasteiger partial charge in [0.2, 0.25) is 0 Å². The highest BCUT2D eigenvalue weighted by Gasteiger charge is 2.33. The number of benzene rings is 1. The van der Waals surface area contributed by atoms with E-state index in [1.807, 2.05) is 19.2 Å². The van der Waals surface area contributed by atoms with Crippen LogP contribution in [0.15, 0.2) is 22.7 Å². The van der Waals surface area contributed by atoms with Gasteiger partial charge >= 0.3 is 6.19 Å². The quantitative estimate of drug-likeness (QED) is 0.582. The number of likely N-dealkylation sites (tertiary alicyclic amines) is 1. The minimum Gasteiger partial charge on any atom is -0.356 e. The lowest BCUT2D eigenvalue weighted by atomic mass is 9.90. The molecule has 0 bridgehead atoms. The molecule has 4 nitrogen and oxygen atoms in total. The van der Waals surface area contributed by atoms with Crippen molar-refractivity contribution in [3.05, 3.63) is 29.5 Å². The van der Waals surface area contributed by atoms with Crippen molar-refractivity contribution in [1.82, 2.24) is 5.16 Å². The molecule has 3 rings (SSSR count). The molecule has 1 aromatic heterocycles. The van der Waals surface area contributed by atoms with Crippen molar-refractivity contribution in [3.63, 3.8) is 0 Å². The van der Waals surface area contributed by atoms with Crippen LogP contribution in [0.2, 0.25) is 0 Å². The van der Waals surface area contributed by atoms with Crippen LogP contribution in [0.5, 0.6) is 0 Å². The third-order valence-corrected chi connectivity index (χ3v) is 4.22. The van der Waals surface area contributed by atoms with Gasteiger partial charge < -0.3 is 4.52 Å². The van der Waals surface area contributed by atoms with Gasteiger partial charge in [0.25, 0.3) is 0 Å². The van der Waals surface area contributed by atoms with Crippen molar-refractivity contribution in [2.75, 3.05) is 20.1 Å². The van der Waals surface area contributed by atoms with E-state index in [0.717, 1.165) is 42.6 Å². The van der Waals surface area contributed by atoms with E-state index in [1.165, 1.54) is 5.56 Å². The van der Waals surface area contributed by atoms with Gasteiger partial charge in [-0.05, 0) is 19.1 Å². The Labute approximate surface area is 112 Å². The van der Waals surface area contributed by atoms with Gasteiger partial charge in [-0.2, -0.15) is 0 Å². The van der Waals surface area contributed by atoms with E-state index in [2.05, 4.69) is 24.3 Å². The molecule has 1 aliphatic heterocycles. The Hall–Kier alpha value is -1.86. The summed E-state index contributed by atoms with van der Waals surface area (Å²) in [4.78, 5) is 0. The highest BCUT2D eigenvalue weighted by Crippen LogP contribution is 2.34. The van der Waals surface area contributed by atoms with E-state index in [0.29, 0.717) is 10.4 Å². The maximum absolute atomic E-state index is 9.16. The second kappa shape index (κ2) is 4.36. The Bertz CT molecular complexity index is 645. The number of hydrogen-bond acceptors (Lipinski definition) is 3. The average Bonchev–Trinajstić information content (AvgIpc) is 2.83. The SMILES string of the molecule is Cc1ccc2onc(C3CC[N+](C)(C#N)CC3)c2c1. The summed E-state index contributed by atoms with van der Waals surface area (Å²) in [6.07, 6.45) is 4.39. The summed E-state index contributed by atoms with van der Waals surface area (Å²) in [7, 11) is 2.00. The molecule has 1 aromatic carbocycles. The molecule has 0 spiro atoms. The van der Waals surface area contributed by atoms with Crippen LogP contribution in [0.3, 0.4) is 0 Å². The summed E-state index contributed by atoms with van der Waals surface area (Å²) in [5, 5.41) is 14.6. The Morgan fingerprint density at radius 3 is 2.79 bits per heavy atom. The molecule has 1 aliphatic rings. The molecule has 2 heterocycles. The standard InChI is InChI=1S/C15H18N3O/c1-11-3-4-14-13(9-11)15(17-19-14)12-5-7-18(2,10-16)8-6-12/h3-4,9,12H,5-8H2,1-2H3/q+1. The molecule has 4 heteroatoms.